The first-order valence-electron chi connectivity index (χ1n) is 4.74. The minimum atomic E-state index is -0.517. The number of H-pyrrole nitrogens is 1. The first kappa shape index (κ1) is 10.2. The molecule has 0 amide bonds. The quantitative estimate of drug-likeness (QED) is 0.590. The topological polar surface area (TPSA) is 81.0 Å². The number of rotatable bonds is 2. The van der Waals surface area contributed by atoms with Gasteiger partial charge in [0.05, 0.1) is 6.20 Å². The molecule has 1 aromatic carbocycles. The standard InChI is InChI=1S/C11H11N3O2/c1-7-3-2-4-8(5-7)16-11(15)9-6-13-14-10(9)12/h2-6H,1H3,(H3,12,13,14). The monoisotopic (exact) mass is 217 g/mol. The van der Waals surface area contributed by atoms with Gasteiger partial charge in [-0.1, -0.05) is 12.1 Å². The van der Waals surface area contributed by atoms with Crippen molar-refractivity contribution in [2.75, 3.05) is 5.73 Å². The van der Waals surface area contributed by atoms with Crippen molar-refractivity contribution < 1.29 is 9.53 Å². The van der Waals surface area contributed by atoms with Crippen LogP contribution in [0.5, 0.6) is 5.75 Å². The highest BCUT2D eigenvalue weighted by molar-refractivity contribution is 5.95. The van der Waals surface area contributed by atoms with Gasteiger partial charge in [-0.15, -0.1) is 0 Å². The van der Waals surface area contributed by atoms with E-state index in [0.29, 0.717) is 5.75 Å². The average molecular weight is 217 g/mol. The van der Waals surface area contributed by atoms with E-state index in [2.05, 4.69) is 10.2 Å². The Balaban J connectivity index is 2.17. The van der Waals surface area contributed by atoms with Crippen LogP contribution in [0.15, 0.2) is 30.5 Å². The Hall–Kier alpha value is -2.30. The van der Waals surface area contributed by atoms with Crippen molar-refractivity contribution in [1.82, 2.24) is 10.2 Å². The average Bonchev–Trinajstić information content (AvgIpc) is 2.64. The minimum absolute atomic E-state index is 0.206. The van der Waals surface area contributed by atoms with Crippen LogP contribution in [-0.2, 0) is 0 Å². The van der Waals surface area contributed by atoms with Crippen LogP contribution in [0.2, 0.25) is 0 Å². The van der Waals surface area contributed by atoms with Crippen molar-refractivity contribution in [1.29, 1.82) is 0 Å². The number of aromatic amines is 1. The Kier molecular flexibility index (Phi) is 2.59. The van der Waals surface area contributed by atoms with Gasteiger partial charge in [0.1, 0.15) is 17.1 Å². The molecule has 0 aliphatic heterocycles. The first-order chi connectivity index (χ1) is 7.66. The number of hydrogen-bond donors (Lipinski definition) is 2. The van der Waals surface area contributed by atoms with E-state index in [1.54, 1.807) is 12.1 Å². The Morgan fingerprint density at radius 2 is 2.31 bits per heavy atom. The molecule has 0 unspecified atom stereocenters. The molecule has 0 fully saturated rings. The van der Waals surface area contributed by atoms with Crippen molar-refractivity contribution in [3.63, 3.8) is 0 Å². The number of benzene rings is 1. The summed E-state index contributed by atoms with van der Waals surface area (Å²) in [6.07, 6.45) is 1.34. The lowest BCUT2D eigenvalue weighted by molar-refractivity contribution is 0.0736. The van der Waals surface area contributed by atoms with E-state index >= 15 is 0 Å². The molecule has 3 N–H and O–H groups in total. The molecule has 1 heterocycles. The molecule has 1 aromatic heterocycles. The second kappa shape index (κ2) is 4.06. The number of hydrogen-bond acceptors (Lipinski definition) is 4. The molecule has 0 bridgehead atoms. The van der Waals surface area contributed by atoms with Crippen LogP contribution >= 0.6 is 0 Å². The zero-order valence-electron chi connectivity index (χ0n) is 8.73. The van der Waals surface area contributed by atoms with Crippen LogP contribution in [0.3, 0.4) is 0 Å². The molecule has 0 spiro atoms. The van der Waals surface area contributed by atoms with Crippen LogP contribution in [0, 0.1) is 6.92 Å². The fraction of sp³-hybridized carbons (Fsp3) is 0.0909. The largest absolute Gasteiger partial charge is 0.423 e. The SMILES string of the molecule is Cc1cccc(OC(=O)c2cn[nH]c2N)c1. The van der Waals surface area contributed by atoms with Crippen LogP contribution in [0.4, 0.5) is 5.82 Å². The normalized spacial score (nSPS) is 10.1. The molecular formula is C11H11N3O2. The minimum Gasteiger partial charge on any atom is -0.423 e. The van der Waals surface area contributed by atoms with E-state index in [9.17, 15) is 4.79 Å². The molecule has 16 heavy (non-hydrogen) atoms. The number of carbonyl (C=O) groups excluding carboxylic acids is 1. The Morgan fingerprint density at radius 1 is 1.50 bits per heavy atom. The molecule has 0 aliphatic carbocycles. The molecule has 5 heteroatoms. The second-order valence-electron chi connectivity index (χ2n) is 3.40. The van der Waals surface area contributed by atoms with E-state index in [1.165, 1.54) is 6.20 Å². The van der Waals surface area contributed by atoms with E-state index < -0.39 is 5.97 Å². The number of nitrogens with zero attached hydrogens (tertiary/aromatic N) is 1. The number of esters is 1. The van der Waals surface area contributed by atoms with Crippen molar-refractivity contribution >= 4 is 11.8 Å². The summed E-state index contributed by atoms with van der Waals surface area (Å²) >= 11 is 0. The Bertz CT molecular complexity index is 519. The second-order valence-corrected chi connectivity index (χ2v) is 3.40. The summed E-state index contributed by atoms with van der Waals surface area (Å²) in [4.78, 5) is 11.6. The smallest absolute Gasteiger partial charge is 0.348 e. The molecule has 82 valence electrons. The number of nitrogen functional groups attached to an aromatic ring is 1. The zero-order chi connectivity index (χ0) is 11.5. The van der Waals surface area contributed by atoms with Crippen LogP contribution in [0.1, 0.15) is 15.9 Å². The van der Waals surface area contributed by atoms with Gasteiger partial charge in [-0.25, -0.2) is 4.79 Å². The molecule has 0 radical (unpaired) electrons. The molecular weight excluding hydrogens is 206 g/mol. The molecule has 0 atom stereocenters. The molecule has 0 saturated heterocycles. The van der Waals surface area contributed by atoms with E-state index in [-0.39, 0.29) is 11.4 Å². The lowest BCUT2D eigenvalue weighted by Crippen LogP contribution is -2.09. The number of carbonyl (C=O) groups is 1. The van der Waals surface area contributed by atoms with E-state index in [0.717, 1.165) is 5.56 Å². The third kappa shape index (κ3) is 2.03. The predicted octanol–water partition coefficient (Wildman–Crippen LogP) is 1.52. The first-order valence-corrected chi connectivity index (χ1v) is 4.74. The molecule has 5 nitrogen and oxygen atoms in total. The maximum Gasteiger partial charge on any atom is 0.348 e. The van der Waals surface area contributed by atoms with Gasteiger partial charge in [0.2, 0.25) is 0 Å². The molecule has 2 rings (SSSR count). The molecule has 0 saturated carbocycles. The maximum atomic E-state index is 11.6. The van der Waals surface area contributed by atoms with Gasteiger partial charge >= 0.3 is 5.97 Å². The summed E-state index contributed by atoms with van der Waals surface area (Å²) in [5, 5.41) is 6.12. The van der Waals surface area contributed by atoms with Gasteiger partial charge in [0.25, 0.3) is 0 Å². The number of ether oxygens (including phenoxy) is 1. The number of anilines is 1. The predicted molar refractivity (Wildman–Crippen MR) is 59.1 cm³/mol. The highest BCUT2D eigenvalue weighted by Gasteiger charge is 2.13. The fourth-order valence-corrected chi connectivity index (χ4v) is 1.30. The van der Waals surface area contributed by atoms with Gasteiger partial charge < -0.3 is 10.5 Å². The van der Waals surface area contributed by atoms with Crippen molar-refractivity contribution in [3.05, 3.63) is 41.6 Å². The zero-order valence-corrected chi connectivity index (χ0v) is 8.73. The van der Waals surface area contributed by atoms with E-state index in [4.69, 9.17) is 10.5 Å². The van der Waals surface area contributed by atoms with Gasteiger partial charge in [0.15, 0.2) is 0 Å². The number of aryl methyl sites for hydroxylation is 1. The van der Waals surface area contributed by atoms with Crippen molar-refractivity contribution in [2.45, 2.75) is 6.92 Å². The number of nitrogens with two attached hydrogens (primary N) is 1. The lowest BCUT2D eigenvalue weighted by atomic mass is 10.2. The summed E-state index contributed by atoms with van der Waals surface area (Å²) in [6, 6.07) is 7.22. The van der Waals surface area contributed by atoms with Gasteiger partial charge in [0, 0.05) is 0 Å². The van der Waals surface area contributed by atoms with Gasteiger partial charge in [-0.3, -0.25) is 5.10 Å². The molecule has 0 aliphatic rings. The highest BCUT2D eigenvalue weighted by Crippen LogP contribution is 2.15. The summed E-state index contributed by atoms with van der Waals surface area (Å²) in [7, 11) is 0. The van der Waals surface area contributed by atoms with Gasteiger partial charge in [-0.05, 0) is 24.6 Å². The summed E-state index contributed by atoms with van der Waals surface area (Å²) < 4.78 is 5.14. The number of aromatic nitrogens is 2. The summed E-state index contributed by atoms with van der Waals surface area (Å²) in [5.41, 5.74) is 6.76. The van der Waals surface area contributed by atoms with Crippen LogP contribution in [-0.4, -0.2) is 16.2 Å². The highest BCUT2D eigenvalue weighted by atomic mass is 16.5. The third-order valence-electron chi connectivity index (χ3n) is 2.09. The van der Waals surface area contributed by atoms with Crippen molar-refractivity contribution in [2.24, 2.45) is 0 Å². The van der Waals surface area contributed by atoms with Crippen molar-refractivity contribution in [3.8, 4) is 5.75 Å². The maximum absolute atomic E-state index is 11.6. The van der Waals surface area contributed by atoms with Crippen LogP contribution in [0.25, 0.3) is 0 Å². The van der Waals surface area contributed by atoms with E-state index in [1.807, 2.05) is 19.1 Å². The third-order valence-corrected chi connectivity index (χ3v) is 2.09. The van der Waals surface area contributed by atoms with Gasteiger partial charge in [-0.2, -0.15) is 5.10 Å². The molecule has 2 aromatic rings. The Morgan fingerprint density at radius 3 is 2.94 bits per heavy atom. The summed E-state index contributed by atoms with van der Waals surface area (Å²) in [6.45, 7) is 1.92. The Labute approximate surface area is 92.2 Å². The fourth-order valence-electron chi connectivity index (χ4n) is 1.30. The number of nitrogens with one attached hydrogen (secondary N) is 1. The lowest BCUT2D eigenvalue weighted by Gasteiger charge is -2.03. The summed E-state index contributed by atoms with van der Waals surface area (Å²) in [5.74, 6) is 0.181. The van der Waals surface area contributed by atoms with Crippen LogP contribution < -0.4 is 10.5 Å².